The Morgan fingerprint density at radius 2 is 1.60 bits per heavy atom. The fourth-order valence-corrected chi connectivity index (χ4v) is 4.43. The topological polar surface area (TPSA) is 32.3 Å². The molecule has 1 amide bonds. The first-order chi connectivity index (χ1) is 15.7. The lowest BCUT2D eigenvalue weighted by Gasteiger charge is -2.37. The van der Waals surface area contributed by atoms with Gasteiger partial charge in [0.1, 0.15) is 5.82 Å². The third-order valence-electron chi connectivity index (χ3n) is 6.45. The third-order valence-corrected chi connectivity index (χ3v) is 6.45. The van der Waals surface area contributed by atoms with Gasteiger partial charge >= 0.3 is 12.4 Å². The predicted molar refractivity (Wildman–Crippen MR) is 120 cm³/mol. The monoisotopic (exact) mass is 526 g/mol. The minimum atomic E-state index is -4.97. The highest BCUT2D eigenvalue weighted by atomic mass is 35.5. The van der Waals surface area contributed by atoms with E-state index in [1.54, 1.807) is 13.0 Å². The van der Waals surface area contributed by atoms with Crippen LogP contribution in [0.25, 0.3) is 0 Å². The first-order valence-electron chi connectivity index (χ1n) is 10.7. The maximum atomic E-state index is 13.6. The fourth-order valence-electron chi connectivity index (χ4n) is 4.43. The summed E-state index contributed by atoms with van der Waals surface area (Å²) in [6, 6.07) is 4.58. The van der Waals surface area contributed by atoms with Crippen molar-refractivity contribution < 1.29 is 35.5 Å². The molecule has 0 aliphatic carbocycles. The Hall–Kier alpha value is -2.33. The van der Waals surface area contributed by atoms with Crippen LogP contribution in [0.1, 0.15) is 53.1 Å². The maximum Gasteiger partial charge on any atom is 0.416 e. The molecule has 3 nitrogen and oxygen atoms in total. The lowest BCUT2D eigenvalue weighted by atomic mass is 9.79. The third kappa shape index (κ3) is 6.46. The van der Waals surface area contributed by atoms with Crippen molar-refractivity contribution in [3.63, 3.8) is 0 Å². The van der Waals surface area contributed by atoms with Crippen molar-refractivity contribution in [3.8, 4) is 0 Å². The summed E-state index contributed by atoms with van der Waals surface area (Å²) in [6.45, 7) is 4.08. The number of carbonyl (C=O) groups excluding carboxylic acids is 1. The minimum Gasteiger partial charge on any atom is -0.339 e. The number of benzene rings is 2. The molecule has 1 saturated heterocycles. The van der Waals surface area contributed by atoms with Gasteiger partial charge in [0.05, 0.1) is 17.2 Å². The standard InChI is InChI=1S/C24H25F7N2O.ClH/c1-13-8-18(25)4-5-19(13)21-12-32-7-6-20(21)22(34)33(3)14(2)15-9-16(23(26,27)28)11-17(10-15)24(29,30)31;/h4-5,8-11,14,20-21,32H,6-7,12H2,1-3H3;1H/t14-,20?,21?;/m0./s1. The second-order valence-electron chi connectivity index (χ2n) is 8.67. The summed E-state index contributed by atoms with van der Waals surface area (Å²) in [5.74, 6) is -1.69. The number of hydrogen-bond donors (Lipinski definition) is 1. The van der Waals surface area contributed by atoms with Crippen molar-refractivity contribution in [1.29, 1.82) is 0 Å². The van der Waals surface area contributed by atoms with E-state index in [1.165, 1.54) is 31.0 Å². The predicted octanol–water partition coefficient (Wildman–Crippen LogP) is 6.51. The van der Waals surface area contributed by atoms with Gasteiger partial charge < -0.3 is 10.2 Å². The molecule has 0 aromatic heterocycles. The Balaban J connectivity index is 0.00000432. The molecule has 2 aromatic rings. The van der Waals surface area contributed by atoms with E-state index in [0.717, 1.165) is 5.56 Å². The van der Waals surface area contributed by atoms with Crippen LogP contribution in [0, 0.1) is 18.7 Å². The highest BCUT2D eigenvalue weighted by Gasteiger charge is 2.39. The quantitative estimate of drug-likeness (QED) is 0.461. The highest BCUT2D eigenvalue weighted by Crippen LogP contribution is 2.39. The van der Waals surface area contributed by atoms with Crippen LogP contribution in [0.3, 0.4) is 0 Å². The molecule has 2 unspecified atom stereocenters. The van der Waals surface area contributed by atoms with Crippen molar-refractivity contribution in [2.45, 2.75) is 44.6 Å². The van der Waals surface area contributed by atoms with Crippen molar-refractivity contribution >= 4 is 18.3 Å². The Labute approximate surface area is 205 Å². The molecule has 0 bridgehead atoms. The van der Waals surface area contributed by atoms with Gasteiger partial charge in [-0.1, -0.05) is 6.07 Å². The Morgan fingerprint density at radius 1 is 1.03 bits per heavy atom. The number of piperidine rings is 1. The van der Waals surface area contributed by atoms with Crippen molar-refractivity contribution in [3.05, 3.63) is 70.0 Å². The van der Waals surface area contributed by atoms with E-state index >= 15 is 0 Å². The Bertz CT molecular complexity index is 1020. The highest BCUT2D eigenvalue weighted by molar-refractivity contribution is 5.85. The molecule has 2 aromatic carbocycles. The molecule has 1 aliphatic heterocycles. The van der Waals surface area contributed by atoms with Gasteiger partial charge in [0.2, 0.25) is 5.91 Å². The maximum absolute atomic E-state index is 13.6. The van der Waals surface area contributed by atoms with E-state index in [0.29, 0.717) is 37.2 Å². The van der Waals surface area contributed by atoms with Gasteiger partial charge in [-0.05, 0) is 73.8 Å². The number of nitrogens with one attached hydrogen (secondary N) is 1. The number of alkyl halides is 6. The number of amides is 1. The molecule has 0 saturated carbocycles. The molecule has 3 atom stereocenters. The van der Waals surface area contributed by atoms with Crippen molar-refractivity contribution in [2.75, 3.05) is 20.1 Å². The van der Waals surface area contributed by atoms with E-state index in [2.05, 4.69) is 5.32 Å². The van der Waals surface area contributed by atoms with Crippen LogP contribution in [0.5, 0.6) is 0 Å². The summed E-state index contributed by atoms with van der Waals surface area (Å²) in [5.41, 5.74) is -1.68. The summed E-state index contributed by atoms with van der Waals surface area (Å²) >= 11 is 0. The van der Waals surface area contributed by atoms with Crippen molar-refractivity contribution in [1.82, 2.24) is 10.2 Å². The van der Waals surface area contributed by atoms with Gasteiger partial charge in [-0.2, -0.15) is 26.3 Å². The number of carbonyl (C=O) groups is 1. The van der Waals surface area contributed by atoms with Gasteiger partial charge in [0.25, 0.3) is 0 Å². The van der Waals surface area contributed by atoms with Crippen LogP contribution in [-0.2, 0) is 17.1 Å². The molecule has 1 aliphatic rings. The van der Waals surface area contributed by atoms with Crippen molar-refractivity contribution in [2.24, 2.45) is 5.92 Å². The van der Waals surface area contributed by atoms with E-state index in [4.69, 9.17) is 0 Å². The molecule has 3 rings (SSSR count). The molecule has 11 heteroatoms. The van der Waals surface area contributed by atoms with E-state index in [-0.39, 0.29) is 30.0 Å². The zero-order chi connectivity index (χ0) is 25.4. The lowest BCUT2D eigenvalue weighted by molar-refractivity contribution is -0.143. The summed E-state index contributed by atoms with van der Waals surface area (Å²) in [5, 5.41) is 3.19. The number of nitrogens with zero attached hydrogens (tertiary/aromatic N) is 1. The fraction of sp³-hybridized carbons (Fsp3) is 0.458. The molecule has 0 radical (unpaired) electrons. The lowest BCUT2D eigenvalue weighted by Crippen LogP contribution is -2.44. The van der Waals surface area contributed by atoms with Crippen LogP contribution in [-0.4, -0.2) is 30.9 Å². The first-order valence-corrected chi connectivity index (χ1v) is 10.7. The van der Waals surface area contributed by atoms with E-state index in [1.807, 2.05) is 0 Å². The number of rotatable bonds is 4. The average Bonchev–Trinajstić information content (AvgIpc) is 2.76. The number of aryl methyl sites for hydroxylation is 1. The number of hydrogen-bond acceptors (Lipinski definition) is 2. The first kappa shape index (κ1) is 28.9. The Morgan fingerprint density at radius 3 is 2.11 bits per heavy atom. The zero-order valence-corrected chi connectivity index (χ0v) is 20.0. The van der Waals surface area contributed by atoms with Crippen LogP contribution in [0.15, 0.2) is 36.4 Å². The number of halogens is 8. The van der Waals surface area contributed by atoms with Gasteiger partial charge in [-0.3, -0.25) is 4.79 Å². The minimum absolute atomic E-state index is 0. The molecule has 1 fully saturated rings. The normalized spacial score (nSPS) is 19.6. The van der Waals surface area contributed by atoms with Gasteiger partial charge in [0.15, 0.2) is 0 Å². The molecule has 0 spiro atoms. The van der Waals surface area contributed by atoms with Crippen LogP contribution in [0.4, 0.5) is 30.7 Å². The largest absolute Gasteiger partial charge is 0.416 e. The SMILES string of the molecule is Cc1cc(F)ccc1C1CNCCC1C(=O)N(C)[C@@H](C)c1cc(C(F)(F)F)cc(C(F)(F)F)c1.Cl. The molecule has 35 heavy (non-hydrogen) atoms. The van der Waals surface area contributed by atoms with Gasteiger partial charge in [-0.25, -0.2) is 4.39 Å². The van der Waals surface area contributed by atoms with Crippen LogP contribution < -0.4 is 5.32 Å². The van der Waals surface area contributed by atoms with Gasteiger partial charge in [0, 0.05) is 25.4 Å². The molecule has 1 N–H and O–H groups in total. The second kappa shape index (κ2) is 10.7. The van der Waals surface area contributed by atoms with E-state index in [9.17, 15) is 35.5 Å². The molecule has 1 heterocycles. The average molecular weight is 527 g/mol. The second-order valence-corrected chi connectivity index (χ2v) is 8.67. The summed E-state index contributed by atoms with van der Waals surface area (Å²) in [7, 11) is 1.37. The molecular weight excluding hydrogens is 501 g/mol. The zero-order valence-electron chi connectivity index (χ0n) is 19.2. The Kier molecular flexibility index (Phi) is 8.87. The summed E-state index contributed by atoms with van der Waals surface area (Å²) in [6.07, 6.45) is -9.52. The summed E-state index contributed by atoms with van der Waals surface area (Å²) < 4.78 is 93.2. The molecular formula is C24H26ClF7N2O. The summed E-state index contributed by atoms with van der Waals surface area (Å²) in [4.78, 5) is 14.6. The van der Waals surface area contributed by atoms with E-state index < -0.39 is 47.2 Å². The van der Waals surface area contributed by atoms with Crippen LogP contribution >= 0.6 is 12.4 Å². The molecule has 194 valence electrons. The van der Waals surface area contributed by atoms with Crippen LogP contribution in [0.2, 0.25) is 0 Å². The smallest absolute Gasteiger partial charge is 0.339 e. The van der Waals surface area contributed by atoms with Gasteiger partial charge in [-0.15, -0.1) is 12.4 Å².